The maximum Gasteiger partial charge on any atom is 0.243 e. The number of sulfonamides is 1. The standard InChI is InChI=1S/C25H28N4O3S/c26-17-20-6-8-22(9-7-20)33(31,32)29-14-11-19(12-15-29)4-2-1-3-5-25(30)24-16-21-18-27-13-10-23(21)28-24/h6-10,13,16,18-19,28H,1-5,11-12,14-15H2. The van der Waals surface area contributed by atoms with Crippen molar-refractivity contribution in [1.29, 1.82) is 5.26 Å². The van der Waals surface area contributed by atoms with Crippen LogP contribution in [0.25, 0.3) is 10.9 Å². The van der Waals surface area contributed by atoms with Gasteiger partial charge in [0.15, 0.2) is 5.78 Å². The van der Waals surface area contributed by atoms with Crippen LogP contribution in [-0.2, 0) is 10.0 Å². The minimum absolute atomic E-state index is 0.132. The van der Waals surface area contributed by atoms with Crippen molar-refractivity contribution in [2.75, 3.05) is 13.1 Å². The van der Waals surface area contributed by atoms with Crippen LogP contribution >= 0.6 is 0 Å². The highest BCUT2D eigenvalue weighted by atomic mass is 32.2. The number of unbranched alkanes of at least 4 members (excludes halogenated alkanes) is 2. The van der Waals surface area contributed by atoms with Crippen molar-refractivity contribution >= 4 is 26.7 Å². The molecule has 1 fully saturated rings. The molecule has 0 unspecified atom stereocenters. The summed E-state index contributed by atoms with van der Waals surface area (Å²) in [6.07, 6.45) is 9.68. The molecular formula is C25H28N4O3S. The number of carbonyl (C=O) groups is 1. The van der Waals surface area contributed by atoms with Crippen molar-refractivity contribution in [2.24, 2.45) is 5.92 Å². The Hall–Kier alpha value is -3.02. The van der Waals surface area contributed by atoms with E-state index in [2.05, 4.69) is 9.97 Å². The molecule has 0 spiro atoms. The first kappa shape index (κ1) is 23.1. The molecule has 172 valence electrons. The van der Waals surface area contributed by atoms with Crippen LogP contribution in [0.1, 0.15) is 61.0 Å². The maximum atomic E-state index is 12.8. The summed E-state index contributed by atoms with van der Waals surface area (Å²) in [6.45, 7) is 1.06. The molecule has 2 aromatic heterocycles. The molecule has 1 aromatic carbocycles. The van der Waals surface area contributed by atoms with Gasteiger partial charge < -0.3 is 4.98 Å². The molecule has 0 atom stereocenters. The van der Waals surface area contributed by atoms with Crippen LogP contribution in [0, 0.1) is 17.2 Å². The fourth-order valence-electron chi connectivity index (χ4n) is 4.44. The van der Waals surface area contributed by atoms with E-state index in [1.807, 2.05) is 18.2 Å². The Kier molecular flexibility index (Phi) is 7.21. The Labute approximate surface area is 194 Å². The van der Waals surface area contributed by atoms with Crippen LogP contribution in [0.3, 0.4) is 0 Å². The van der Waals surface area contributed by atoms with Crippen molar-refractivity contribution in [3.8, 4) is 6.07 Å². The SMILES string of the molecule is N#Cc1ccc(S(=O)(=O)N2CCC(CCCCCC(=O)c3cc4cnccc4[nH]3)CC2)cc1. The molecule has 0 bridgehead atoms. The molecule has 0 radical (unpaired) electrons. The van der Waals surface area contributed by atoms with E-state index in [9.17, 15) is 13.2 Å². The van der Waals surface area contributed by atoms with Crippen molar-refractivity contribution < 1.29 is 13.2 Å². The normalized spacial score (nSPS) is 15.5. The van der Waals surface area contributed by atoms with Crippen molar-refractivity contribution in [2.45, 2.75) is 49.8 Å². The quantitative estimate of drug-likeness (QED) is 0.366. The van der Waals surface area contributed by atoms with E-state index in [1.165, 1.54) is 12.1 Å². The zero-order valence-electron chi connectivity index (χ0n) is 18.5. The maximum absolute atomic E-state index is 12.8. The molecule has 8 heteroatoms. The fraction of sp³-hybridized carbons (Fsp3) is 0.400. The number of H-pyrrole nitrogens is 1. The lowest BCUT2D eigenvalue weighted by molar-refractivity contribution is 0.0975. The number of aromatic amines is 1. The van der Waals surface area contributed by atoms with E-state index >= 15 is 0 Å². The van der Waals surface area contributed by atoms with Crippen LogP contribution in [0.15, 0.2) is 53.7 Å². The molecule has 33 heavy (non-hydrogen) atoms. The first-order valence-electron chi connectivity index (χ1n) is 11.4. The fourth-order valence-corrected chi connectivity index (χ4v) is 5.91. The summed E-state index contributed by atoms with van der Waals surface area (Å²) in [6, 6.07) is 11.8. The van der Waals surface area contributed by atoms with Crippen molar-refractivity contribution in [1.82, 2.24) is 14.3 Å². The van der Waals surface area contributed by atoms with Gasteiger partial charge in [0.05, 0.1) is 22.2 Å². The number of nitrogens with zero attached hydrogens (tertiary/aromatic N) is 3. The number of piperidine rings is 1. The number of carbonyl (C=O) groups excluding carboxylic acids is 1. The number of rotatable bonds is 9. The molecule has 0 saturated carbocycles. The summed E-state index contributed by atoms with van der Waals surface area (Å²) in [5.41, 5.74) is 2.03. The van der Waals surface area contributed by atoms with Gasteiger partial charge in [-0.2, -0.15) is 9.57 Å². The summed E-state index contributed by atoms with van der Waals surface area (Å²) in [4.78, 5) is 19.9. The molecule has 3 heterocycles. The predicted molar refractivity (Wildman–Crippen MR) is 126 cm³/mol. The topological polar surface area (TPSA) is 107 Å². The average molecular weight is 465 g/mol. The van der Waals surface area contributed by atoms with Crippen LogP contribution in [0.2, 0.25) is 0 Å². The third kappa shape index (κ3) is 5.49. The molecule has 1 aliphatic heterocycles. The number of fused-ring (bicyclic) bond motifs is 1. The van der Waals surface area contributed by atoms with Gasteiger partial charge in [-0.05, 0) is 61.6 Å². The number of Topliss-reactive ketones (excluding diaryl/α,β-unsaturated/α-hetero) is 1. The summed E-state index contributed by atoms with van der Waals surface area (Å²) in [5.74, 6) is 0.654. The Morgan fingerprint density at radius 1 is 1.12 bits per heavy atom. The number of benzene rings is 1. The number of hydrogen-bond donors (Lipinski definition) is 1. The van der Waals surface area contributed by atoms with E-state index in [4.69, 9.17) is 5.26 Å². The van der Waals surface area contributed by atoms with Crippen LogP contribution in [-0.4, -0.2) is 41.6 Å². The second-order valence-corrected chi connectivity index (χ2v) is 10.6. The Bertz CT molecular complexity index is 1220. The third-order valence-corrected chi connectivity index (χ3v) is 8.35. The van der Waals surface area contributed by atoms with Gasteiger partial charge >= 0.3 is 0 Å². The monoisotopic (exact) mass is 464 g/mol. The van der Waals surface area contributed by atoms with Crippen LogP contribution in [0.4, 0.5) is 0 Å². The zero-order chi connectivity index (χ0) is 23.3. The van der Waals surface area contributed by atoms with Crippen LogP contribution < -0.4 is 0 Å². The lowest BCUT2D eigenvalue weighted by Gasteiger charge is -2.31. The first-order chi connectivity index (χ1) is 16.0. The highest BCUT2D eigenvalue weighted by Gasteiger charge is 2.29. The zero-order valence-corrected chi connectivity index (χ0v) is 19.4. The Balaban J connectivity index is 1.17. The van der Waals surface area contributed by atoms with Crippen molar-refractivity contribution in [3.63, 3.8) is 0 Å². The molecule has 0 aliphatic carbocycles. The lowest BCUT2D eigenvalue weighted by Crippen LogP contribution is -2.38. The minimum atomic E-state index is -3.51. The number of hydrogen-bond acceptors (Lipinski definition) is 5. The molecule has 1 saturated heterocycles. The number of pyridine rings is 1. The smallest absolute Gasteiger partial charge is 0.243 e. The van der Waals surface area contributed by atoms with Crippen molar-refractivity contribution in [3.05, 3.63) is 60.0 Å². The summed E-state index contributed by atoms with van der Waals surface area (Å²) >= 11 is 0. The average Bonchev–Trinajstić information content (AvgIpc) is 3.28. The van der Waals surface area contributed by atoms with Gasteiger partial charge in [-0.25, -0.2) is 8.42 Å². The Morgan fingerprint density at radius 2 is 1.88 bits per heavy atom. The van der Waals surface area contributed by atoms with Gasteiger partial charge in [-0.15, -0.1) is 0 Å². The Morgan fingerprint density at radius 3 is 2.58 bits per heavy atom. The molecule has 1 N–H and O–H groups in total. The summed E-state index contributed by atoms with van der Waals surface area (Å²) in [7, 11) is -3.51. The highest BCUT2D eigenvalue weighted by Crippen LogP contribution is 2.27. The van der Waals surface area contributed by atoms with E-state index in [-0.39, 0.29) is 10.7 Å². The van der Waals surface area contributed by atoms with Gasteiger partial charge in [-0.1, -0.05) is 19.3 Å². The molecular weight excluding hydrogens is 436 g/mol. The molecule has 4 rings (SSSR count). The number of ketones is 1. The lowest BCUT2D eigenvalue weighted by atomic mass is 9.92. The van der Waals surface area contributed by atoms with E-state index < -0.39 is 10.0 Å². The number of nitriles is 1. The highest BCUT2D eigenvalue weighted by molar-refractivity contribution is 7.89. The largest absolute Gasteiger partial charge is 0.352 e. The predicted octanol–water partition coefficient (Wildman–Crippen LogP) is 4.67. The van der Waals surface area contributed by atoms with Crippen LogP contribution in [0.5, 0.6) is 0 Å². The summed E-state index contributed by atoms with van der Waals surface area (Å²) < 4.78 is 27.2. The molecule has 7 nitrogen and oxygen atoms in total. The van der Waals surface area contributed by atoms with Gasteiger partial charge in [0, 0.05) is 42.8 Å². The molecule has 0 amide bonds. The van der Waals surface area contributed by atoms with E-state index in [0.717, 1.165) is 49.4 Å². The third-order valence-electron chi connectivity index (χ3n) is 6.43. The van der Waals surface area contributed by atoms with Gasteiger partial charge in [0.25, 0.3) is 0 Å². The molecule has 1 aliphatic rings. The second-order valence-electron chi connectivity index (χ2n) is 8.65. The second kappa shape index (κ2) is 10.3. The van der Waals surface area contributed by atoms with Gasteiger partial charge in [0.1, 0.15) is 0 Å². The van der Waals surface area contributed by atoms with E-state index in [1.54, 1.807) is 28.8 Å². The van der Waals surface area contributed by atoms with Gasteiger partial charge in [0.2, 0.25) is 10.0 Å². The number of nitrogens with one attached hydrogen (secondary N) is 1. The summed E-state index contributed by atoms with van der Waals surface area (Å²) in [5, 5.41) is 9.84. The molecule has 3 aromatic rings. The first-order valence-corrected chi connectivity index (χ1v) is 12.9. The van der Waals surface area contributed by atoms with Gasteiger partial charge in [-0.3, -0.25) is 9.78 Å². The van der Waals surface area contributed by atoms with E-state index in [0.29, 0.717) is 36.7 Å². The number of aromatic nitrogens is 2. The minimum Gasteiger partial charge on any atom is -0.352 e.